The largest absolute Gasteiger partial charge is 0.444 e. The molecule has 1 heterocycles. The van der Waals surface area contributed by atoms with Gasteiger partial charge in [-0.15, -0.1) is 24.0 Å². The number of hydrogen-bond acceptors (Lipinski definition) is 3. The van der Waals surface area contributed by atoms with Crippen LogP contribution < -0.4 is 10.6 Å². The first kappa shape index (κ1) is 17.5. The minimum absolute atomic E-state index is 0. The van der Waals surface area contributed by atoms with E-state index in [-0.39, 0.29) is 24.0 Å². The summed E-state index contributed by atoms with van der Waals surface area (Å²) < 4.78 is 5.48. The first-order valence-electron chi connectivity index (χ1n) is 6.85. The topological polar surface area (TPSA) is 62.5 Å². The zero-order valence-corrected chi connectivity index (χ0v) is 14.6. The van der Waals surface area contributed by atoms with Crippen molar-refractivity contribution in [3.63, 3.8) is 0 Å². The van der Waals surface area contributed by atoms with Gasteiger partial charge < -0.3 is 15.1 Å². The first-order valence-corrected chi connectivity index (χ1v) is 6.85. The van der Waals surface area contributed by atoms with Crippen LogP contribution in [0.3, 0.4) is 0 Å². The van der Waals surface area contributed by atoms with Gasteiger partial charge in [-0.1, -0.05) is 18.2 Å². The number of nitrogens with one attached hydrogen (secondary N) is 2. The highest BCUT2D eigenvalue weighted by atomic mass is 127. The van der Waals surface area contributed by atoms with E-state index in [1.807, 2.05) is 44.2 Å². The van der Waals surface area contributed by atoms with Gasteiger partial charge in [-0.2, -0.15) is 0 Å². The molecule has 0 saturated heterocycles. The molecule has 0 aliphatic heterocycles. The van der Waals surface area contributed by atoms with Gasteiger partial charge >= 0.3 is 0 Å². The summed E-state index contributed by atoms with van der Waals surface area (Å²) in [6.45, 7) is 6.23. The molecule has 5 nitrogen and oxygen atoms in total. The van der Waals surface area contributed by atoms with Gasteiger partial charge in [0.2, 0.25) is 5.89 Å². The van der Waals surface area contributed by atoms with Crippen molar-refractivity contribution in [1.82, 2.24) is 15.6 Å². The Kier molecular flexibility index (Phi) is 7.81. The maximum atomic E-state index is 5.48. The summed E-state index contributed by atoms with van der Waals surface area (Å²) in [7, 11) is 0. The molecule has 21 heavy (non-hydrogen) atoms. The summed E-state index contributed by atoms with van der Waals surface area (Å²) in [5, 5.41) is 6.35. The molecule has 0 saturated carbocycles. The molecule has 0 aliphatic carbocycles. The van der Waals surface area contributed by atoms with E-state index in [2.05, 4.69) is 20.6 Å². The molecule has 0 fully saturated rings. The van der Waals surface area contributed by atoms with E-state index in [4.69, 9.17) is 4.42 Å². The summed E-state index contributed by atoms with van der Waals surface area (Å²) >= 11 is 0. The van der Waals surface area contributed by atoms with E-state index in [0.717, 1.165) is 30.3 Å². The van der Waals surface area contributed by atoms with Crippen LogP contribution in [0.4, 0.5) is 0 Å². The lowest BCUT2D eigenvalue weighted by molar-refractivity contribution is 0.572. The van der Waals surface area contributed by atoms with Gasteiger partial charge in [-0.05, 0) is 26.0 Å². The van der Waals surface area contributed by atoms with Gasteiger partial charge in [0, 0.05) is 18.7 Å². The Morgan fingerprint density at radius 3 is 2.43 bits per heavy atom. The van der Waals surface area contributed by atoms with Crippen molar-refractivity contribution in [3.8, 4) is 11.5 Å². The fourth-order valence-corrected chi connectivity index (χ4v) is 1.76. The Bertz CT molecular complexity index is 546. The lowest BCUT2D eigenvalue weighted by Crippen LogP contribution is -2.36. The molecule has 0 atom stereocenters. The summed E-state index contributed by atoms with van der Waals surface area (Å²) in [4.78, 5) is 8.90. The lowest BCUT2D eigenvalue weighted by atomic mass is 10.2. The molecule has 0 bridgehead atoms. The Hall–Kier alpha value is -1.57. The fraction of sp³-hybridized carbons (Fsp3) is 0.333. The van der Waals surface area contributed by atoms with Crippen molar-refractivity contribution in [3.05, 3.63) is 42.3 Å². The molecule has 0 spiro atoms. The second kappa shape index (κ2) is 9.38. The predicted molar refractivity (Wildman–Crippen MR) is 95.8 cm³/mol. The fourth-order valence-electron chi connectivity index (χ4n) is 1.76. The zero-order chi connectivity index (χ0) is 14.2. The number of guanidine groups is 1. The average Bonchev–Trinajstić information content (AvgIpc) is 2.95. The number of benzene rings is 1. The molecule has 0 amide bonds. The third-order valence-electron chi connectivity index (χ3n) is 2.66. The van der Waals surface area contributed by atoms with Crippen LogP contribution in [0, 0.1) is 0 Å². The molecule has 1 aromatic heterocycles. The third kappa shape index (κ3) is 5.37. The Morgan fingerprint density at radius 1 is 1.14 bits per heavy atom. The summed E-state index contributed by atoms with van der Waals surface area (Å²) in [6, 6.07) is 9.84. The molecular formula is C15H21IN4O. The van der Waals surface area contributed by atoms with Gasteiger partial charge in [-0.25, -0.2) is 9.98 Å². The number of hydrogen-bond donors (Lipinski definition) is 2. The summed E-state index contributed by atoms with van der Waals surface area (Å²) in [5.41, 5.74) is 1.79. The Morgan fingerprint density at radius 2 is 1.81 bits per heavy atom. The van der Waals surface area contributed by atoms with Gasteiger partial charge in [-0.3, -0.25) is 0 Å². The highest BCUT2D eigenvalue weighted by Crippen LogP contribution is 2.18. The van der Waals surface area contributed by atoms with Crippen LogP contribution in [-0.4, -0.2) is 24.0 Å². The lowest BCUT2D eigenvalue weighted by Gasteiger charge is -2.08. The van der Waals surface area contributed by atoms with Crippen LogP contribution >= 0.6 is 24.0 Å². The van der Waals surface area contributed by atoms with Crippen LogP contribution in [-0.2, 0) is 6.54 Å². The van der Waals surface area contributed by atoms with E-state index in [1.165, 1.54) is 0 Å². The quantitative estimate of drug-likeness (QED) is 0.460. The van der Waals surface area contributed by atoms with Gasteiger partial charge in [0.25, 0.3) is 0 Å². The molecule has 2 N–H and O–H groups in total. The SMILES string of the molecule is CCNC(=NCc1coc(-c2ccccc2)n1)NCC.I. The van der Waals surface area contributed by atoms with Crippen molar-refractivity contribution in [2.75, 3.05) is 13.1 Å². The maximum absolute atomic E-state index is 5.48. The third-order valence-corrected chi connectivity index (χ3v) is 2.66. The average molecular weight is 400 g/mol. The van der Waals surface area contributed by atoms with Crippen molar-refractivity contribution in [2.45, 2.75) is 20.4 Å². The molecule has 114 valence electrons. The molecule has 1 aromatic carbocycles. The number of nitrogens with zero attached hydrogens (tertiary/aromatic N) is 2. The number of aliphatic imine (C=N–C) groups is 1. The van der Waals surface area contributed by atoms with Gasteiger partial charge in [0.1, 0.15) is 12.0 Å². The van der Waals surface area contributed by atoms with E-state index in [0.29, 0.717) is 12.4 Å². The maximum Gasteiger partial charge on any atom is 0.226 e. The molecule has 6 heteroatoms. The molecule has 0 radical (unpaired) electrons. The minimum atomic E-state index is 0. The Balaban J connectivity index is 0.00000220. The number of oxazole rings is 1. The van der Waals surface area contributed by atoms with Crippen molar-refractivity contribution in [1.29, 1.82) is 0 Å². The summed E-state index contributed by atoms with van der Waals surface area (Å²) in [6.07, 6.45) is 1.65. The van der Waals surface area contributed by atoms with E-state index in [1.54, 1.807) is 6.26 Å². The normalized spacial score (nSPS) is 9.62. The smallest absolute Gasteiger partial charge is 0.226 e. The van der Waals surface area contributed by atoms with Crippen LogP contribution in [0.5, 0.6) is 0 Å². The highest BCUT2D eigenvalue weighted by Gasteiger charge is 2.05. The summed E-state index contributed by atoms with van der Waals surface area (Å²) in [5.74, 6) is 1.42. The second-order valence-corrected chi connectivity index (χ2v) is 4.24. The number of halogens is 1. The standard InChI is InChI=1S/C15H20N4O.HI/c1-3-16-15(17-4-2)18-10-13-11-20-14(19-13)12-8-6-5-7-9-12;/h5-9,11H,3-4,10H2,1-2H3,(H2,16,17,18);1H. The van der Waals surface area contributed by atoms with Crippen LogP contribution in [0.1, 0.15) is 19.5 Å². The molecule has 0 aliphatic rings. The number of aromatic nitrogens is 1. The minimum Gasteiger partial charge on any atom is -0.444 e. The zero-order valence-electron chi connectivity index (χ0n) is 12.3. The van der Waals surface area contributed by atoms with E-state index in [9.17, 15) is 0 Å². The van der Waals surface area contributed by atoms with E-state index < -0.39 is 0 Å². The molecule has 2 aromatic rings. The van der Waals surface area contributed by atoms with Gasteiger partial charge in [0.05, 0.1) is 6.54 Å². The van der Waals surface area contributed by atoms with Crippen molar-refractivity contribution in [2.24, 2.45) is 4.99 Å². The Labute approximate surface area is 142 Å². The van der Waals surface area contributed by atoms with Crippen molar-refractivity contribution < 1.29 is 4.42 Å². The molecule has 0 unspecified atom stereocenters. The number of rotatable bonds is 5. The van der Waals surface area contributed by atoms with Crippen LogP contribution in [0.15, 0.2) is 46.0 Å². The first-order chi connectivity index (χ1) is 9.83. The van der Waals surface area contributed by atoms with Gasteiger partial charge in [0.15, 0.2) is 5.96 Å². The van der Waals surface area contributed by atoms with E-state index >= 15 is 0 Å². The molecular weight excluding hydrogens is 379 g/mol. The molecule has 2 rings (SSSR count). The van der Waals surface area contributed by atoms with Crippen LogP contribution in [0.2, 0.25) is 0 Å². The second-order valence-electron chi connectivity index (χ2n) is 4.24. The van der Waals surface area contributed by atoms with Crippen molar-refractivity contribution >= 4 is 29.9 Å². The van der Waals surface area contributed by atoms with Crippen LogP contribution in [0.25, 0.3) is 11.5 Å². The predicted octanol–water partition coefficient (Wildman–Crippen LogP) is 3.03. The highest BCUT2D eigenvalue weighted by molar-refractivity contribution is 14.0. The monoisotopic (exact) mass is 400 g/mol.